The van der Waals surface area contributed by atoms with Gasteiger partial charge in [0.15, 0.2) is 23.3 Å². The first kappa shape index (κ1) is 13.5. The molecule has 1 aromatic heterocycles. The summed E-state index contributed by atoms with van der Waals surface area (Å²) in [5, 5.41) is 0. The van der Waals surface area contributed by atoms with Crippen molar-refractivity contribution in [2.45, 2.75) is 6.92 Å². The first-order chi connectivity index (χ1) is 8.34. The van der Waals surface area contributed by atoms with E-state index in [-0.39, 0.29) is 4.88 Å². The van der Waals surface area contributed by atoms with Gasteiger partial charge in [-0.05, 0) is 28.9 Å². The van der Waals surface area contributed by atoms with Crippen molar-refractivity contribution >= 4 is 27.3 Å². The third-order valence-corrected chi connectivity index (χ3v) is 4.47. The highest BCUT2D eigenvalue weighted by Gasteiger charge is 2.27. The van der Waals surface area contributed by atoms with E-state index in [1.807, 2.05) is 0 Å². The molecular weight excluding hydrogens is 339 g/mol. The molecule has 0 aliphatic carbocycles. The van der Waals surface area contributed by atoms with Crippen molar-refractivity contribution < 1.29 is 22.0 Å². The van der Waals surface area contributed by atoms with Crippen LogP contribution in [0.3, 0.4) is 0 Å². The van der Waals surface area contributed by atoms with Crippen LogP contribution in [0.4, 0.5) is 22.0 Å². The van der Waals surface area contributed by atoms with Gasteiger partial charge >= 0.3 is 0 Å². The van der Waals surface area contributed by atoms with Gasteiger partial charge in [0.2, 0.25) is 5.82 Å². The number of benzene rings is 1. The largest absolute Gasteiger partial charge is 0.203 e. The highest BCUT2D eigenvalue weighted by Crippen LogP contribution is 2.38. The Morgan fingerprint density at radius 2 is 1.33 bits per heavy atom. The third kappa shape index (κ3) is 1.95. The summed E-state index contributed by atoms with van der Waals surface area (Å²) < 4.78 is 66.5. The van der Waals surface area contributed by atoms with Crippen molar-refractivity contribution in [3.05, 3.63) is 44.5 Å². The Labute approximate surface area is 111 Å². The molecule has 0 saturated heterocycles. The maximum absolute atomic E-state index is 13.5. The molecule has 0 amide bonds. The van der Waals surface area contributed by atoms with E-state index in [0.29, 0.717) is 9.35 Å². The van der Waals surface area contributed by atoms with Crippen molar-refractivity contribution in [2.75, 3.05) is 0 Å². The van der Waals surface area contributed by atoms with E-state index in [1.165, 1.54) is 6.07 Å². The molecule has 2 aromatic rings. The molecule has 0 radical (unpaired) electrons. The fourth-order valence-electron chi connectivity index (χ4n) is 1.40. The maximum Gasteiger partial charge on any atom is 0.200 e. The monoisotopic (exact) mass is 342 g/mol. The normalized spacial score (nSPS) is 11.1. The molecule has 0 atom stereocenters. The molecule has 1 heterocycles. The van der Waals surface area contributed by atoms with Crippen molar-refractivity contribution in [1.82, 2.24) is 0 Å². The van der Waals surface area contributed by atoms with Crippen LogP contribution in [0.2, 0.25) is 0 Å². The number of thiophene rings is 1. The zero-order valence-corrected chi connectivity index (χ0v) is 11.2. The summed E-state index contributed by atoms with van der Waals surface area (Å²) in [6.07, 6.45) is 0. The first-order valence-corrected chi connectivity index (χ1v) is 6.23. The molecule has 0 aliphatic rings. The van der Waals surface area contributed by atoms with Crippen LogP contribution in [0.5, 0.6) is 0 Å². The first-order valence-electron chi connectivity index (χ1n) is 4.62. The lowest BCUT2D eigenvalue weighted by Gasteiger charge is -2.05. The Balaban J connectivity index is 2.79. The average molecular weight is 343 g/mol. The number of hydrogen-bond donors (Lipinski definition) is 0. The highest BCUT2D eigenvalue weighted by atomic mass is 79.9. The third-order valence-electron chi connectivity index (χ3n) is 2.31. The average Bonchev–Trinajstić information content (AvgIpc) is 2.64. The van der Waals surface area contributed by atoms with Gasteiger partial charge in [-0.25, -0.2) is 22.0 Å². The van der Waals surface area contributed by atoms with Crippen molar-refractivity contribution in [3.8, 4) is 10.4 Å². The molecule has 1 aromatic carbocycles. The van der Waals surface area contributed by atoms with Crippen molar-refractivity contribution in [2.24, 2.45) is 0 Å². The van der Waals surface area contributed by atoms with Crippen LogP contribution in [-0.2, 0) is 0 Å². The molecule has 0 spiro atoms. The molecule has 0 unspecified atom stereocenters. The standard InChI is InChI=1S/C11H4BrF5S/c1-3-4(12)2-5(18-3)6-7(13)9(15)11(17)10(16)8(6)14/h2H,1H3. The van der Waals surface area contributed by atoms with Crippen LogP contribution in [0.1, 0.15) is 4.88 Å². The van der Waals surface area contributed by atoms with E-state index in [2.05, 4.69) is 15.9 Å². The maximum atomic E-state index is 13.5. The number of hydrogen-bond acceptors (Lipinski definition) is 1. The van der Waals surface area contributed by atoms with Gasteiger partial charge in [0.1, 0.15) is 0 Å². The van der Waals surface area contributed by atoms with Gasteiger partial charge in [0, 0.05) is 14.2 Å². The van der Waals surface area contributed by atoms with Crippen molar-refractivity contribution in [3.63, 3.8) is 0 Å². The van der Waals surface area contributed by atoms with Gasteiger partial charge in [-0.2, -0.15) is 0 Å². The summed E-state index contributed by atoms with van der Waals surface area (Å²) in [5.74, 6) is -9.67. The second-order valence-corrected chi connectivity index (χ2v) is 5.57. The Morgan fingerprint density at radius 1 is 0.889 bits per heavy atom. The molecule has 96 valence electrons. The number of aryl methyl sites for hydroxylation is 1. The molecule has 0 nitrogen and oxygen atoms in total. The fraction of sp³-hybridized carbons (Fsp3) is 0.0909. The Hall–Kier alpha value is -0.950. The molecule has 7 heteroatoms. The van der Waals surface area contributed by atoms with E-state index in [0.717, 1.165) is 11.3 Å². The van der Waals surface area contributed by atoms with E-state index >= 15 is 0 Å². The minimum Gasteiger partial charge on any atom is -0.203 e. The zero-order valence-electron chi connectivity index (χ0n) is 8.75. The summed E-state index contributed by atoms with van der Waals surface area (Å²) >= 11 is 4.05. The topological polar surface area (TPSA) is 0 Å². The SMILES string of the molecule is Cc1sc(-c2c(F)c(F)c(F)c(F)c2F)cc1Br. The van der Waals surface area contributed by atoms with E-state index < -0.39 is 34.6 Å². The predicted molar refractivity (Wildman–Crippen MR) is 62.0 cm³/mol. The summed E-state index contributed by atoms with van der Waals surface area (Å²) in [7, 11) is 0. The fourth-order valence-corrected chi connectivity index (χ4v) is 2.97. The summed E-state index contributed by atoms with van der Waals surface area (Å²) in [5.41, 5.74) is -0.898. The van der Waals surface area contributed by atoms with Crippen LogP contribution in [0.15, 0.2) is 10.5 Å². The number of halogens is 6. The predicted octanol–water partition coefficient (Wildman–Crippen LogP) is 5.18. The molecule has 2 rings (SSSR count). The van der Waals surface area contributed by atoms with Gasteiger partial charge in [-0.1, -0.05) is 0 Å². The Kier molecular flexibility index (Phi) is 3.46. The number of rotatable bonds is 1. The lowest BCUT2D eigenvalue weighted by molar-refractivity contribution is 0.381. The zero-order chi connectivity index (χ0) is 13.6. The molecule has 0 fully saturated rings. The van der Waals surface area contributed by atoms with E-state index in [1.54, 1.807) is 6.92 Å². The lowest BCUT2D eigenvalue weighted by atomic mass is 10.1. The second kappa shape index (κ2) is 4.62. The van der Waals surface area contributed by atoms with Gasteiger partial charge < -0.3 is 0 Å². The minimum atomic E-state index is -2.15. The van der Waals surface area contributed by atoms with E-state index in [4.69, 9.17) is 0 Å². The van der Waals surface area contributed by atoms with Crippen LogP contribution in [0.25, 0.3) is 10.4 Å². The quantitative estimate of drug-likeness (QED) is 0.380. The van der Waals surface area contributed by atoms with Gasteiger partial charge in [0.25, 0.3) is 0 Å². The summed E-state index contributed by atoms with van der Waals surface area (Å²) in [6.45, 7) is 1.66. The van der Waals surface area contributed by atoms with Gasteiger partial charge in [0.05, 0.1) is 5.56 Å². The second-order valence-electron chi connectivity index (χ2n) is 3.46. The van der Waals surface area contributed by atoms with Crippen LogP contribution in [0, 0.1) is 36.0 Å². The summed E-state index contributed by atoms with van der Waals surface area (Å²) in [6, 6.07) is 1.32. The smallest absolute Gasteiger partial charge is 0.200 e. The van der Waals surface area contributed by atoms with Crippen molar-refractivity contribution in [1.29, 1.82) is 0 Å². The molecule has 0 aliphatic heterocycles. The van der Waals surface area contributed by atoms with E-state index in [9.17, 15) is 22.0 Å². The van der Waals surface area contributed by atoms with Gasteiger partial charge in [-0.15, -0.1) is 11.3 Å². The summed E-state index contributed by atoms with van der Waals surface area (Å²) in [4.78, 5) is 0.654. The molecule has 18 heavy (non-hydrogen) atoms. The minimum absolute atomic E-state index is 0.0211. The van der Waals surface area contributed by atoms with Crippen LogP contribution >= 0.6 is 27.3 Å². The molecule has 0 bridgehead atoms. The molecule has 0 N–H and O–H groups in total. The highest BCUT2D eigenvalue weighted by molar-refractivity contribution is 9.10. The molecular formula is C11H4BrF5S. The molecule has 0 saturated carbocycles. The Bertz CT molecular complexity index is 586. The van der Waals surface area contributed by atoms with Crippen LogP contribution in [-0.4, -0.2) is 0 Å². The van der Waals surface area contributed by atoms with Crippen LogP contribution < -0.4 is 0 Å². The Morgan fingerprint density at radius 3 is 1.72 bits per heavy atom. The van der Waals surface area contributed by atoms with Gasteiger partial charge in [-0.3, -0.25) is 0 Å². The lowest BCUT2D eigenvalue weighted by Crippen LogP contribution is -2.03.